The molecule has 0 saturated heterocycles. The van der Waals surface area contributed by atoms with E-state index in [-0.39, 0.29) is 17.0 Å². The predicted molar refractivity (Wildman–Crippen MR) is 64.9 cm³/mol. The first kappa shape index (κ1) is 13.4. The molecule has 1 aromatic rings. The van der Waals surface area contributed by atoms with Crippen LogP contribution in [0, 0.1) is 0 Å². The number of carbonyl (C=O) groups is 2. The molecule has 2 N–H and O–H groups in total. The van der Waals surface area contributed by atoms with Crippen LogP contribution in [0.25, 0.3) is 0 Å². The Hall–Kier alpha value is -1.62. The van der Waals surface area contributed by atoms with E-state index in [1.165, 1.54) is 18.3 Å². The Bertz CT molecular complexity index is 423. The van der Waals surface area contributed by atoms with Crippen LogP contribution >= 0.6 is 11.6 Å². The van der Waals surface area contributed by atoms with Crippen molar-refractivity contribution in [1.29, 1.82) is 0 Å². The van der Waals surface area contributed by atoms with E-state index < -0.39 is 6.04 Å². The minimum atomic E-state index is -0.589. The van der Waals surface area contributed by atoms with Crippen molar-refractivity contribution in [2.45, 2.75) is 19.9 Å². The van der Waals surface area contributed by atoms with Crippen molar-refractivity contribution < 1.29 is 9.59 Å². The topological polar surface area (TPSA) is 71.1 Å². The van der Waals surface area contributed by atoms with E-state index >= 15 is 0 Å². The molecule has 0 aliphatic heterocycles. The minimum absolute atomic E-state index is 0.221. The molecule has 0 aliphatic rings. The van der Waals surface area contributed by atoms with Crippen LogP contribution in [0.3, 0.4) is 0 Å². The van der Waals surface area contributed by atoms with Gasteiger partial charge in [-0.3, -0.25) is 9.59 Å². The maximum atomic E-state index is 11.7. The van der Waals surface area contributed by atoms with Crippen molar-refractivity contribution in [3.8, 4) is 0 Å². The number of hydrogen-bond donors (Lipinski definition) is 2. The van der Waals surface area contributed by atoms with Gasteiger partial charge in [0.05, 0.1) is 0 Å². The zero-order chi connectivity index (χ0) is 12.8. The summed E-state index contributed by atoms with van der Waals surface area (Å²) >= 11 is 5.67. The van der Waals surface area contributed by atoms with Crippen molar-refractivity contribution in [3.63, 3.8) is 0 Å². The van der Waals surface area contributed by atoms with Gasteiger partial charge in [-0.1, -0.05) is 11.6 Å². The van der Waals surface area contributed by atoms with Crippen LogP contribution in [0.15, 0.2) is 18.3 Å². The first-order chi connectivity index (χ1) is 8.04. The molecule has 6 heteroatoms. The van der Waals surface area contributed by atoms with Gasteiger partial charge in [0.15, 0.2) is 0 Å². The average molecular weight is 256 g/mol. The molecule has 1 aromatic heterocycles. The van der Waals surface area contributed by atoms with E-state index in [4.69, 9.17) is 11.6 Å². The Morgan fingerprint density at radius 2 is 2.24 bits per heavy atom. The van der Waals surface area contributed by atoms with Crippen LogP contribution in [0.1, 0.15) is 24.2 Å². The third kappa shape index (κ3) is 4.03. The van der Waals surface area contributed by atoms with Crippen molar-refractivity contribution in [3.05, 3.63) is 29.0 Å². The maximum absolute atomic E-state index is 11.7. The summed E-state index contributed by atoms with van der Waals surface area (Å²) in [5, 5.41) is 5.43. The lowest BCUT2D eigenvalue weighted by molar-refractivity contribution is -0.122. The van der Waals surface area contributed by atoms with Crippen LogP contribution in [-0.4, -0.2) is 29.4 Å². The number of nitrogens with zero attached hydrogens (tertiary/aromatic N) is 1. The molecule has 92 valence electrons. The quantitative estimate of drug-likeness (QED) is 0.789. The molecular formula is C11H14ClN3O2. The molecule has 1 rings (SSSR count). The third-order valence-corrected chi connectivity index (χ3v) is 2.29. The number of hydrogen-bond acceptors (Lipinski definition) is 3. The maximum Gasteiger partial charge on any atom is 0.252 e. The average Bonchev–Trinajstić information content (AvgIpc) is 2.29. The van der Waals surface area contributed by atoms with Gasteiger partial charge in [0, 0.05) is 18.3 Å². The fraction of sp³-hybridized carbons (Fsp3) is 0.364. The number of carbonyl (C=O) groups excluding carboxylic acids is 2. The molecule has 1 heterocycles. The summed E-state index contributed by atoms with van der Waals surface area (Å²) < 4.78 is 0. The summed E-state index contributed by atoms with van der Waals surface area (Å²) in [4.78, 5) is 26.9. The molecule has 2 amide bonds. The zero-order valence-corrected chi connectivity index (χ0v) is 10.4. The molecule has 5 nitrogen and oxygen atoms in total. The summed E-state index contributed by atoms with van der Waals surface area (Å²) in [6.07, 6.45) is 1.44. The van der Waals surface area contributed by atoms with Crippen molar-refractivity contribution in [1.82, 2.24) is 15.6 Å². The number of rotatable bonds is 4. The van der Waals surface area contributed by atoms with Crippen LogP contribution in [0.5, 0.6) is 0 Å². The Balaban J connectivity index is 2.63. The lowest BCUT2D eigenvalue weighted by atomic mass is 10.2. The summed E-state index contributed by atoms with van der Waals surface area (Å²) in [6.45, 7) is 3.96. The van der Waals surface area contributed by atoms with Gasteiger partial charge in [0.1, 0.15) is 11.2 Å². The fourth-order valence-electron chi connectivity index (χ4n) is 1.22. The predicted octanol–water partition coefficient (Wildman–Crippen LogP) is 0.989. The third-order valence-electron chi connectivity index (χ3n) is 2.08. The Labute approximate surface area is 105 Å². The molecule has 0 spiro atoms. The summed E-state index contributed by atoms with van der Waals surface area (Å²) in [5.41, 5.74) is 0.376. The van der Waals surface area contributed by atoms with Crippen LogP contribution in [0.4, 0.5) is 0 Å². The number of nitrogens with one attached hydrogen (secondary N) is 2. The SMILES string of the molecule is CCNC(=O)[C@H](C)NC(=O)c1ccnc(Cl)c1. The highest BCUT2D eigenvalue weighted by Crippen LogP contribution is 2.06. The van der Waals surface area contributed by atoms with E-state index in [0.717, 1.165) is 0 Å². The molecular weight excluding hydrogens is 242 g/mol. The normalized spacial score (nSPS) is 11.7. The Morgan fingerprint density at radius 1 is 1.53 bits per heavy atom. The van der Waals surface area contributed by atoms with Crippen LogP contribution in [-0.2, 0) is 4.79 Å². The van der Waals surface area contributed by atoms with Crippen LogP contribution < -0.4 is 10.6 Å². The van der Waals surface area contributed by atoms with Gasteiger partial charge < -0.3 is 10.6 Å². The molecule has 17 heavy (non-hydrogen) atoms. The lowest BCUT2D eigenvalue weighted by Gasteiger charge is -2.13. The zero-order valence-electron chi connectivity index (χ0n) is 9.66. The molecule has 0 aromatic carbocycles. The van der Waals surface area contributed by atoms with Gasteiger partial charge in [-0.25, -0.2) is 4.98 Å². The van der Waals surface area contributed by atoms with Gasteiger partial charge in [-0.05, 0) is 26.0 Å². The standard InChI is InChI=1S/C11H14ClN3O2/c1-3-13-10(16)7(2)15-11(17)8-4-5-14-9(12)6-8/h4-7H,3H2,1-2H3,(H,13,16)(H,15,17)/t7-/m0/s1. The Kier molecular flexibility index (Phi) is 4.90. The smallest absolute Gasteiger partial charge is 0.252 e. The molecule has 0 unspecified atom stereocenters. The van der Waals surface area contributed by atoms with Gasteiger partial charge in [0.2, 0.25) is 5.91 Å². The monoisotopic (exact) mass is 255 g/mol. The molecule has 0 aliphatic carbocycles. The summed E-state index contributed by atoms with van der Waals surface area (Å²) in [5.74, 6) is -0.575. The largest absolute Gasteiger partial charge is 0.355 e. The van der Waals surface area contributed by atoms with Crippen molar-refractivity contribution >= 4 is 23.4 Å². The molecule has 1 atom stereocenters. The van der Waals surface area contributed by atoms with E-state index in [0.29, 0.717) is 12.1 Å². The van der Waals surface area contributed by atoms with Crippen molar-refractivity contribution in [2.24, 2.45) is 0 Å². The summed E-state index contributed by atoms with van der Waals surface area (Å²) in [6, 6.07) is 2.39. The highest BCUT2D eigenvalue weighted by Gasteiger charge is 2.15. The summed E-state index contributed by atoms with van der Waals surface area (Å²) in [7, 11) is 0. The number of halogens is 1. The van der Waals surface area contributed by atoms with Gasteiger partial charge in [0.25, 0.3) is 5.91 Å². The van der Waals surface area contributed by atoms with Crippen molar-refractivity contribution in [2.75, 3.05) is 6.54 Å². The second kappa shape index (κ2) is 6.20. The fourth-order valence-corrected chi connectivity index (χ4v) is 1.39. The van der Waals surface area contributed by atoms with E-state index in [1.807, 2.05) is 6.92 Å². The number of pyridine rings is 1. The number of amides is 2. The molecule has 0 fully saturated rings. The van der Waals surface area contributed by atoms with E-state index in [1.54, 1.807) is 6.92 Å². The first-order valence-electron chi connectivity index (χ1n) is 5.24. The van der Waals surface area contributed by atoms with Gasteiger partial charge >= 0.3 is 0 Å². The Morgan fingerprint density at radius 3 is 2.82 bits per heavy atom. The first-order valence-corrected chi connectivity index (χ1v) is 5.62. The highest BCUT2D eigenvalue weighted by molar-refractivity contribution is 6.29. The highest BCUT2D eigenvalue weighted by atomic mass is 35.5. The van der Waals surface area contributed by atoms with E-state index in [2.05, 4.69) is 15.6 Å². The number of likely N-dealkylation sites (N-methyl/N-ethyl adjacent to an activating group) is 1. The van der Waals surface area contributed by atoms with Gasteiger partial charge in [-0.15, -0.1) is 0 Å². The molecule has 0 radical (unpaired) electrons. The second-order valence-corrected chi connectivity index (χ2v) is 3.84. The molecule has 0 saturated carbocycles. The van der Waals surface area contributed by atoms with E-state index in [9.17, 15) is 9.59 Å². The lowest BCUT2D eigenvalue weighted by Crippen LogP contribution is -2.44. The molecule has 0 bridgehead atoms. The van der Waals surface area contributed by atoms with Gasteiger partial charge in [-0.2, -0.15) is 0 Å². The van der Waals surface area contributed by atoms with Crippen LogP contribution in [0.2, 0.25) is 5.15 Å². The number of aromatic nitrogens is 1. The minimum Gasteiger partial charge on any atom is -0.355 e. The second-order valence-electron chi connectivity index (χ2n) is 3.46.